The Labute approximate surface area is 352 Å². The lowest BCUT2D eigenvalue weighted by Gasteiger charge is -2.25. The monoisotopic (exact) mass is 858 g/mol. The number of aliphatic imine (C=N–C) groups is 1. The second kappa shape index (κ2) is 23.6. The van der Waals surface area contributed by atoms with E-state index in [4.69, 9.17) is 0 Å². The molecule has 0 amide bonds. The van der Waals surface area contributed by atoms with Gasteiger partial charge in [-0.2, -0.15) is 0 Å². The second-order valence-corrected chi connectivity index (χ2v) is 21.3. The number of unbranched alkanes of at least 4 members (excludes halogenated alkanes) is 15. The van der Waals surface area contributed by atoms with Crippen LogP contribution in [0.5, 0.6) is 17.2 Å². The van der Waals surface area contributed by atoms with Crippen molar-refractivity contribution < 1.29 is 32.2 Å². The van der Waals surface area contributed by atoms with E-state index < -0.39 is 20.0 Å². The van der Waals surface area contributed by atoms with Crippen molar-refractivity contribution in [2.75, 3.05) is 26.2 Å². The van der Waals surface area contributed by atoms with Gasteiger partial charge < -0.3 is 15.3 Å². The summed E-state index contributed by atoms with van der Waals surface area (Å²) in [7, 11) is -8.14. The van der Waals surface area contributed by atoms with E-state index >= 15 is 0 Å². The molecule has 1 saturated heterocycles. The highest BCUT2D eigenvalue weighted by atomic mass is 32.2. The summed E-state index contributed by atoms with van der Waals surface area (Å²) in [5, 5.41) is 31.1. The van der Waals surface area contributed by atoms with Crippen LogP contribution >= 0.6 is 11.8 Å². The third-order valence-corrected chi connectivity index (χ3v) is 14.9. The predicted octanol–water partition coefficient (Wildman–Crippen LogP) is 9.90. The summed E-state index contributed by atoms with van der Waals surface area (Å²) in [5.74, 6) is -0.335. The van der Waals surface area contributed by atoms with Gasteiger partial charge in [0.1, 0.15) is 22.9 Å². The van der Waals surface area contributed by atoms with E-state index in [0.717, 1.165) is 32.0 Å². The van der Waals surface area contributed by atoms with Crippen molar-refractivity contribution >= 4 is 43.7 Å². The van der Waals surface area contributed by atoms with Gasteiger partial charge in [0.2, 0.25) is 20.0 Å². The van der Waals surface area contributed by atoms with Gasteiger partial charge in [-0.1, -0.05) is 115 Å². The van der Waals surface area contributed by atoms with Crippen LogP contribution in [-0.4, -0.2) is 74.2 Å². The van der Waals surface area contributed by atoms with Crippen molar-refractivity contribution in [1.82, 2.24) is 14.3 Å². The Hall–Kier alpha value is -3.14. The first kappa shape index (κ1) is 47.5. The lowest BCUT2D eigenvalue weighted by Crippen LogP contribution is -2.34. The maximum Gasteiger partial charge on any atom is 0.240 e. The molecule has 3 aromatic carbocycles. The van der Waals surface area contributed by atoms with Crippen LogP contribution in [0, 0.1) is 0 Å². The molecule has 3 aromatic rings. The van der Waals surface area contributed by atoms with Crippen molar-refractivity contribution in [2.24, 2.45) is 4.99 Å². The Morgan fingerprint density at radius 1 is 0.690 bits per heavy atom. The Morgan fingerprint density at radius 3 is 1.76 bits per heavy atom. The normalized spacial score (nSPS) is 16.1. The molecular formula is C44H66N4O7S3. The molecule has 1 aliphatic rings. The number of phenols is 3. The van der Waals surface area contributed by atoms with E-state index in [-0.39, 0.29) is 55.9 Å². The lowest BCUT2D eigenvalue weighted by molar-refractivity contribution is 0.255. The molecule has 1 heterocycles. The number of hydrogen-bond donors (Lipinski definition) is 5. The van der Waals surface area contributed by atoms with Crippen molar-refractivity contribution in [2.45, 2.75) is 143 Å². The molecular weight excluding hydrogens is 793 g/mol. The average molecular weight is 859 g/mol. The smallest absolute Gasteiger partial charge is 0.240 e. The zero-order valence-electron chi connectivity index (χ0n) is 34.7. The zero-order valence-corrected chi connectivity index (χ0v) is 37.1. The van der Waals surface area contributed by atoms with E-state index in [1.807, 2.05) is 0 Å². The molecule has 322 valence electrons. The second-order valence-electron chi connectivity index (χ2n) is 16.0. The molecule has 58 heavy (non-hydrogen) atoms. The van der Waals surface area contributed by atoms with Gasteiger partial charge in [-0.05, 0) is 69.3 Å². The van der Waals surface area contributed by atoms with E-state index in [2.05, 4.69) is 40.1 Å². The fourth-order valence-corrected chi connectivity index (χ4v) is 10.9. The van der Waals surface area contributed by atoms with Gasteiger partial charge in [-0.3, -0.25) is 9.89 Å². The molecule has 1 atom stereocenters. The van der Waals surface area contributed by atoms with Gasteiger partial charge in [-0.25, -0.2) is 26.3 Å². The van der Waals surface area contributed by atoms with Crippen molar-refractivity contribution in [3.8, 4) is 17.2 Å². The standard InChI is InChI=1S/C44H66N4O7S3/c1-4-5-6-7-8-9-10-11-12-13-14-15-16-17-18-21-30-48-34-44(2,3)56-43(48)38-31-36(25-27-41(38)50)57(52,53)46-28-29-47-58(54,55)37-24-26-39(42(51)32-37)45-33-35-22-19-20-23-40(35)49/h19-20,22-27,31-33,43,46-47,49-51H,4-18,21,28-30,34H2,1-3H3. The summed E-state index contributed by atoms with van der Waals surface area (Å²) < 4.78 is 57.4. The topological polar surface area (TPSA) is 169 Å². The highest BCUT2D eigenvalue weighted by Crippen LogP contribution is 2.50. The van der Waals surface area contributed by atoms with Crippen LogP contribution in [0.15, 0.2) is 75.4 Å². The molecule has 1 fully saturated rings. The maximum absolute atomic E-state index is 13.4. The minimum Gasteiger partial charge on any atom is -0.508 e. The molecule has 0 spiro atoms. The molecule has 0 aromatic heterocycles. The van der Waals surface area contributed by atoms with Crippen LogP contribution in [-0.2, 0) is 20.0 Å². The van der Waals surface area contributed by atoms with Gasteiger partial charge in [-0.15, -0.1) is 11.8 Å². The van der Waals surface area contributed by atoms with Gasteiger partial charge in [0.05, 0.1) is 15.2 Å². The quantitative estimate of drug-likeness (QED) is 0.0370. The zero-order chi connectivity index (χ0) is 42.0. The fourth-order valence-electron chi connectivity index (χ4n) is 7.26. The van der Waals surface area contributed by atoms with E-state index in [1.54, 1.807) is 30.0 Å². The summed E-state index contributed by atoms with van der Waals surface area (Å²) in [4.78, 5) is 6.24. The third kappa shape index (κ3) is 15.5. The van der Waals surface area contributed by atoms with Gasteiger partial charge in [0.15, 0.2) is 0 Å². The third-order valence-electron chi connectivity index (χ3n) is 10.5. The number of hydrogen-bond acceptors (Lipinski definition) is 10. The molecule has 4 rings (SSSR count). The number of phenolic OH excluding ortho intramolecular Hbond substituents is 3. The minimum atomic E-state index is -4.10. The minimum absolute atomic E-state index is 0.00927. The maximum atomic E-state index is 13.4. The lowest BCUT2D eigenvalue weighted by atomic mass is 10.0. The van der Waals surface area contributed by atoms with E-state index in [0.29, 0.717) is 11.1 Å². The van der Waals surface area contributed by atoms with Crippen molar-refractivity contribution in [3.05, 3.63) is 71.8 Å². The van der Waals surface area contributed by atoms with Gasteiger partial charge in [0.25, 0.3) is 0 Å². The highest BCUT2D eigenvalue weighted by molar-refractivity contribution is 8.01. The number of rotatable bonds is 27. The molecule has 5 N–H and O–H groups in total. The Bertz CT molecular complexity index is 1970. The molecule has 0 radical (unpaired) electrons. The molecule has 14 heteroatoms. The van der Waals surface area contributed by atoms with Gasteiger partial charge >= 0.3 is 0 Å². The summed E-state index contributed by atoms with van der Waals surface area (Å²) in [6.45, 7) is 7.80. The largest absolute Gasteiger partial charge is 0.508 e. The van der Waals surface area contributed by atoms with Crippen LogP contribution in [0.3, 0.4) is 0 Å². The molecule has 1 unspecified atom stereocenters. The SMILES string of the molecule is CCCCCCCCCCCCCCCCCCN1CC(C)(C)SC1c1cc(S(=O)(=O)NCCNS(=O)(=O)c2ccc(N=Cc3ccccc3O)c(O)c2)ccc1O. The number of benzene rings is 3. The first-order chi connectivity index (χ1) is 27.7. The average Bonchev–Trinajstić information content (AvgIpc) is 3.49. The molecule has 0 bridgehead atoms. The number of thioether (sulfide) groups is 1. The Balaban J connectivity index is 1.21. The fraction of sp³-hybridized carbons (Fsp3) is 0.568. The Kier molecular flexibility index (Phi) is 19.3. The number of aromatic hydroxyl groups is 3. The number of nitrogens with one attached hydrogen (secondary N) is 2. The number of para-hydroxylation sites is 1. The Morgan fingerprint density at radius 2 is 1.21 bits per heavy atom. The van der Waals surface area contributed by atoms with E-state index in [1.165, 1.54) is 133 Å². The van der Waals surface area contributed by atoms with Gasteiger partial charge in [0, 0.05) is 47.8 Å². The van der Waals surface area contributed by atoms with E-state index in [9.17, 15) is 32.2 Å². The summed E-state index contributed by atoms with van der Waals surface area (Å²) >= 11 is 1.72. The molecule has 0 saturated carbocycles. The molecule has 0 aliphatic carbocycles. The number of sulfonamides is 2. The summed E-state index contributed by atoms with van der Waals surface area (Å²) in [6, 6.07) is 14.5. The summed E-state index contributed by atoms with van der Waals surface area (Å²) in [5.41, 5.74) is 1.07. The van der Waals surface area contributed by atoms with Crippen LogP contribution in [0.2, 0.25) is 0 Å². The first-order valence-electron chi connectivity index (χ1n) is 21.1. The highest BCUT2D eigenvalue weighted by Gasteiger charge is 2.40. The summed E-state index contributed by atoms with van der Waals surface area (Å²) in [6.07, 6.45) is 22.3. The van der Waals surface area contributed by atoms with Crippen LogP contribution in [0.25, 0.3) is 0 Å². The van der Waals surface area contributed by atoms with Crippen molar-refractivity contribution in [1.29, 1.82) is 0 Å². The van der Waals surface area contributed by atoms with Crippen LogP contribution in [0.1, 0.15) is 140 Å². The number of nitrogens with zero attached hydrogens (tertiary/aromatic N) is 2. The first-order valence-corrected chi connectivity index (χ1v) is 25.0. The molecule has 1 aliphatic heterocycles. The van der Waals surface area contributed by atoms with Crippen molar-refractivity contribution in [3.63, 3.8) is 0 Å². The predicted molar refractivity (Wildman–Crippen MR) is 237 cm³/mol. The molecule has 11 nitrogen and oxygen atoms in total. The van der Waals surface area contributed by atoms with Crippen LogP contribution < -0.4 is 9.44 Å². The van der Waals surface area contributed by atoms with Crippen LogP contribution in [0.4, 0.5) is 5.69 Å².